The van der Waals surface area contributed by atoms with Crippen molar-refractivity contribution in [2.45, 2.75) is 24.8 Å². The zero-order valence-corrected chi connectivity index (χ0v) is 15.4. The average molecular weight is 381 g/mol. The van der Waals surface area contributed by atoms with E-state index in [1.165, 1.54) is 18.2 Å². The van der Waals surface area contributed by atoms with Crippen LogP contribution in [0.2, 0.25) is 0 Å². The van der Waals surface area contributed by atoms with Crippen molar-refractivity contribution in [1.82, 2.24) is 4.72 Å². The monoisotopic (exact) mass is 381 g/mol. The van der Waals surface area contributed by atoms with Crippen LogP contribution in [0, 0.1) is 5.92 Å². The van der Waals surface area contributed by atoms with E-state index in [9.17, 15) is 18.0 Å². The summed E-state index contributed by atoms with van der Waals surface area (Å²) in [6.07, 6.45) is 0. The Balaban J connectivity index is 2.22. The molecule has 2 amide bonds. The maximum absolute atomic E-state index is 12.6. The number of hydrogen-bond donors (Lipinski definition) is 3. The maximum atomic E-state index is 12.6. The van der Waals surface area contributed by atoms with Crippen molar-refractivity contribution in [3.8, 4) is 0 Å². The average Bonchev–Trinajstić information content (AvgIpc) is 3.01. The summed E-state index contributed by atoms with van der Waals surface area (Å²) in [5, 5.41) is 4.49. The van der Waals surface area contributed by atoms with Crippen molar-refractivity contribution in [2.24, 2.45) is 11.7 Å². The van der Waals surface area contributed by atoms with E-state index in [2.05, 4.69) is 10.0 Å². The van der Waals surface area contributed by atoms with Gasteiger partial charge in [0.1, 0.15) is 11.0 Å². The van der Waals surface area contributed by atoms with Crippen LogP contribution in [0.4, 0.5) is 5.00 Å². The second-order valence-corrected chi connectivity index (χ2v) is 8.30. The van der Waals surface area contributed by atoms with Gasteiger partial charge in [0.25, 0.3) is 5.91 Å². The molecule has 1 heterocycles. The van der Waals surface area contributed by atoms with Crippen molar-refractivity contribution in [3.05, 3.63) is 47.3 Å². The third kappa shape index (κ3) is 4.65. The van der Waals surface area contributed by atoms with Gasteiger partial charge in [-0.1, -0.05) is 32.0 Å². The fourth-order valence-corrected chi connectivity index (χ4v) is 4.28. The predicted octanol–water partition coefficient (Wildman–Crippen LogP) is 1.79. The molecule has 1 atom stereocenters. The van der Waals surface area contributed by atoms with E-state index in [0.717, 1.165) is 11.3 Å². The number of thiophene rings is 1. The topological polar surface area (TPSA) is 118 Å². The number of rotatable bonds is 7. The fourth-order valence-electron chi connectivity index (χ4n) is 2.12. The Morgan fingerprint density at radius 3 is 2.32 bits per heavy atom. The number of amides is 2. The van der Waals surface area contributed by atoms with Crippen molar-refractivity contribution >= 4 is 38.2 Å². The van der Waals surface area contributed by atoms with Crippen molar-refractivity contribution < 1.29 is 18.0 Å². The molecule has 0 aliphatic heterocycles. The number of carbonyl (C=O) groups excluding carboxylic acids is 2. The highest BCUT2D eigenvalue weighted by Crippen LogP contribution is 2.23. The summed E-state index contributed by atoms with van der Waals surface area (Å²) < 4.78 is 27.4. The molecule has 0 spiro atoms. The summed E-state index contributed by atoms with van der Waals surface area (Å²) in [5.74, 6) is -1.53. The molecule has 9 heteroatoms. The Kier molecular flexibility index (Phi) is 5.93. The van der Waals surface area contributed by atoms with E-state index >= 15 is 0 Å². The van der Waals surface area contributed by atoms with Gasteiger partial charge in [0, 0.05) is 0 Å². The summed E-state index contributed by atoms with van der Waals surface area (Å²) in [4.78, 5) is 24.0. The predicted molar refractivity (Wildman–Crippen MR) is 96.9 cm³/mol. The van der Waals surface area contributed by atoms with Gasteiger partial charge in [-0.15, -0.1) is 11.3 Å². The molecule has 4 N–H and O–H groups in total. The molecule has 1 aromatic heterocycles. The van der Waals surface area contributed by atoms with Crippen molar-refractivity contribution in [2.75, 3.05) is 5.32 Å². The molecule has 134 valence electrons. The molecule has 2 aromatic rings. The highest BCUT2D eigenvalue weighted by Gasteiger charge is 2.29. The van der Waals surface area contributed by atoms with Crippen LogP contribution >= 0.6 is 11.3 Å². The lowest BCUT2D eigenvalue weighted by Gasteiger charge is -2.21. The minimum absolute atomic E-state index is 0.0717. The summed E-state index contributed by atoms with van der Waals surface area (Å²) in [6.45, 7) is 3.45. The molecule has 0 aliphatic carbocycles. The van der Waals surface area contributed by atoms with Crippen LogP contribution in [0.5, 0.6) is 0 Å². The largest absolute Gasteiger partial charge is 0.366 e. The normalized spacial score (nSPS) is 12.8. The van der Waals surface area contributed by atoms with Gasteiger partial charge in [0.15, 0.2) is 0 Å². The molecule has 7 nitrogen and oxygen atoms in total. The second kappa shape index (κ2) is 7.77. The molecule has 0 radical (unpaired) electrons. The zero-order chi connectivity index (χ0) is 18.6. The maximum Gasteiger partial charge on any atom is 0.251 e. The van der Waals surface area contributed by atoms with Gasteiger partial charge in [-0.2, -0.15) is 4.72 Å². The van der Waals surface area contributed by atoms with E-state index in [1.54, 1.807) is 37.4 Å². The Hall–Kier alpha value is -2.23. The lowest BCUT2D eigenvalue weighted by atomic mass is 10.1. The molecule has 0 saturated carbocycles. The standard InChI is InChI=1S/C16H19N3O4S2/c1-10(2)13(19-25(22,23)11-6-4-3-5-7-11)15(21)18-16-12(14(17)20)8-9-24-16/h3-10,13,19H,1-2H3,(H2,17,20)(H,18,21)/t13-/m1/s1. The molecule has 0 bridgehead atoms. The molecule has 0 aliphatic rings. The number of sulfonamides is 1. The van der Waals surface area contributed by atoms with Gasteiger partial charge in [-0.25, -0.2) is 8.42 Å². The van der Waals surface area contributed by atoms with Crippen molar-refractivity contribution in [3.63, 3.8) is 0 Å². The minimum atomic E-state index is -3.85. The summed E-state index contributed by atoms with van der Waals surface area (Å²) in [7, 11) is -3.85. The number of nitrogens with two attached hydrogens (primary N) is 1. The van der Waals surface area contributed by atoms with Crippen LogP contribution in [0.1, 0.15) is 24.2 Å². The van der Waals surface area contributed by atoms with E-state index in [4.69, 9.17) is 5.73 Å². The van der Waals surface area contributed by atoms with Gasteiger partial charge in [0.2, 0.25) is 15.9 Å². The molecule has 0 fully saturated rings. The molecular formula is C16H19N3O4S2. The van der Waals surface area contributed by atoms with Crippen LogP contribution in [-0.2, 0) is 14.8 Å². The van der Waals surface area contributed by atoms with Gasteiger partial charge in [-0.3, -0.25) is 9.59 Å². The Morgan fingerprint density at radius 1 is 1.12 bits per heavy atom. The van der Waals surface area contributed by atoms with Gasteiger partial charge >= 0.3 is 0 Å². The van der Waals surface area contributed by atoms with Gasteiger partial charge in [0.05, 0.1) is 10.5 Å². The van der Waals surface area contributed by atoms with Crippen LogP contribution in [-0.4, -0.2) is 26.3 Å². The molecular weight excluding hydrogens is 362 g/mol. The number of carbonyl (C=O) groups is 2. The first kappa shape index (κ1) is 19.1. The van der Waals surface area contributed by atoms with Crippen LogP contribution in [0.3, 0.4) is 0 Å². The lowest BCUT2D eigenvalue weighted by Crippen LogP contribution is -2.47. The SMILES string of the molecule is CC(C)[C@@H](NS(=O)(=O)c1ccccc1)C(=O)Nc1sccc1C(N)=O. The lowest BCUT2D eigenvalue weighted by molar-refractivity contribution is -0.118. The zero-order valence-electron chi connectivity index (χ0n) is 13.7. The summed E-state index contributed by atoms with van der Waals surface area (Å²) in [6, 6.07) is 8.29. The first-order valence-electron chi connectivity index (χ1n) is 7.48. The van der Waals surface area contributed by atoms with Crippen LogP contribution < -0.4 is 15.8 Å². The third-order valence-corrected chi connectivity index (χ3v) is 5.74. The van der Waals surface area contributed by atoms with Gasteiger partial charge < -0.3 is 11.1 Å². The highest BCUT2D eigenvalue weighted by molar-refractivity contribution is 7.89. The van der Waals surface area contributed by atoms with Crippen LogP contribution in [0.15, 0.2) is 46.7 Å². The molecule has 25 heavy (non-hydrogen) atoms. The fraction of sp³-hybridized carbons (Fsp3) is 0.250. The minimum Gasteiger partial charge on any atom is -0.366 e. The molecule has 0 saturated heterocycles. The first-order valence-corrected chi connectivity index (χ1v) is 9.84. The number of anilines is 1. The molecule has 0 unspecified atom stereocenters. The smallest absolute Gasteiger partial charge is 0.251 e. The van der Waals surface area contributed by atoms with E-state index in [1.807, 2.05) is 0 Å². The molecule has 1 aromatic carbocycles. The van der Waals surface area contributed by atoms with Gasteiger partial charge in [-0.05, 0) is 29.5 Å². The number of hydrogen-bond acceptors (Lipinski definition) is 5. The summed E-state index contributed by atoms with van der Waals surface area (Å²) in [5.41, 5.74) is 5.44. The van der Waals surface area contributed by atoms with E-state index in [0.29, 0.717) is 5.00 Å². The van der Waals surface area contributed by atoms with Crippen molar-refractivity contribution in [1.29, 1.82) is 0 Å². The van der Waals surface area contributed by atoms with E-state index in [-0.39, 0.29) is 16.4 Å². The second-order valence-electron chi connectivity index (χ2n) is 5.67. The number of nitrogens with one attached hydrogen (secondary N) is 2. The Morgan fingerprint density at radius 2 is 1.76 bits per heavy atom. The Bertz CT molecular complexity index is 861. The number of benzene rings is 1. The number of primary amides is 1. The third-order valence-electron chi connectivity index (χ3n) is 3.45. The first-order chi connectivity index (χ1) is 11.7. The molecule has 2 rings (SSSR count). The summed E-state index contributed by atoms with van der Waals surface area (Å²) >= 11 is 1.14. The van der Waals surface area contributed by atoms with E-state index < -0.39 is 27.9 Å². The quantitative estimate of drug-likeness (QED) is 0.677. The Labute approximate surface area is 150 Å². The highest BCUT2D eigenvalue weighted by atomic mass is 32.2. The van der Waals surface area contributed by atoms with Crippen LogP contribution in [0.25, 0.3) is 0 Å².